The van der Waals surface area contributed by atoms with Crippen molar-refractivity contribution in [2.75, 3.05) is 0 Å². The summed E-state index contributed by atoms with van der Waals surface area (Å²) < 4.78 is 0. The molecule has 2 N–H and O–H groups in total. The van der Waals surface area contributed by atoms with Gasteiger partial charge in [0.25, 0.3) is 0 Å². The fourth-order valence-corrected chi connectivity index (χ4v) is 5.20. The maximum absolute atomic E-state index is 12.9. The van der Waals surface area contributed by atoms with Crippen molar-refractivity contribution in [2.45, 2.75) is 103 Å². The van der Waals surface area contributed by atoms with Gasteiger partial charge in [-0.3, -0.25) is 9.59 Å². The molecule has 166 valence electrons. The fraction of sp³-hybridized carbons (Fsp3) is 0.692. The van der Waals surface area contributed by atoms with Crippen LogP contribution in [-0.2, 0) is 16.0 Å². The normalized spacial score (nSPS) is 23.0. The van der Waals surface area contributed by atoms with Gasteiger partial charge < -0.3 is 10.6 Å². The molecule has 2 fully saturated rings. The second kappa shape index (κ2) is 10.5. The van der Waals surface area contributed by atoms with Crippen LogP contribution in [0.25, 0.3) is 0 Å². The van der Waals surface area contributed by atoms with E-state index in [0.29, 0.717) is 12.3 Å². The average Bonchev–Trinajstić information content (AvgIpc) is 2.70. The van der Waals surface area contributed by atoms with E-state index in [1.807, 2.05) is 0 Å². The second-order valence-electron chi connectivity index (χ2n) is 10.3. The van der Waals surface area contributed by atoms with Crippen LogP contribution in [0.4, 0.5) is 0 Å². The summed E-state index contributed by atoms with van der Waals surface area (Å²) in [5.74, 6) is 1.03. The van der Waals surface area contributed by atoms with E-state index in [0.717, 1.165) is 32.1 Å². The molecule has 4 heteroatoms. The van der Waals surface area contributed by atoms with Gasteiger partial charge in [0.1, 0.15) is 0 Å². The summed E-state index contributed by atoms with van der Waals surface area (Å²) in [4.78, 5) is 25.3. The van der Waals surface area contributed by atoms with Gasteiger partial charge in [0.05, 0.1) is 0 Å². The zero-order chi connectivity index (χ0) is 21.6. The number of carbonyl (C=O) groups is 2. The minimum atomic E-state index is -0.270. The topological polar surface area (TPSA) is 58.2 Å². The fourth-order valence-electron chi connectivity index (χ4n) is 5.20. The van der Waals surface area contributed by atoms with Gasteiger partial charge in [-0.1, -0.05) is 43.5 Å². The number of carbonyl (C=O) groups excluding carboxylic acids is 2. The molecule has 0 heterocycles. The van der Waals surface area contributed by atoms with Crippen LogP contribution in [0, 0.1) is 18.8 Å². The predicted molar refractivity (Wildman–Crippen MR) is 122 cm³/mol. The lowest BCUT2D eigenvalue weighted by molar-refractivity contribution is -0.127. The number of aryl methyl sites for hydroxylation is 1. The van der Waals surface area contributed by atoms with E-state index >= 15 is 0 Å². The molecule has 1 aromatic rings. The van der Waals surface area contributed by atoms with E-state index in [2.05, 4.69) is 55.7 Å². The molecule has 0 aliphatic heterocycles. The van der Waals surface area contributed by atoms with Crippen LogP contribution >= 0.6 is 0 Å². The highest BCUT2D eigenvalue weighted by molar-refractivity contribution is 5.80. The number of hydrogen-bond donors (Lipinski definition) is 2. The lowest BCUT2D eigenvalue weighted by atomic mass is 9.83. The predicted octanol–water partition coefficient (Wildman–Crippen LogP) is 5.08. The molecule has 30 heavy (non-hydrogen) atoms. The molecule has 0 atom stereocenters. The molecule has 0 unspecified atom stereocenters. The second-order valence-corrected chi connectivity index (χ2v) is 10.3. The van der Waals surface area contributed by atoms with Crippen molar-refractivity contribution in [2.24, 2.45) is 11.8 Å². The smallest absolute Gasteiger partial charge is 0.223 e. The first kappa shape index (κ1) is 22.8. The van der Waals surface area contributed by atoms with Crippen LogP contribution in [0.15, 0.2) is 24.3 Å². The van der Waals surface area contributed by atoms with Gasteiger partial charge in [0.15, 0.2) is 0 Å². The van der Waals surface area contributed by atoms with Gasteiger partial charge in [-0.05, 0) is 82.8 Å². The first-order valence-electron chi connectivity index (χ1n) is 12.0. The molecule has 0 saturated heterocycles. The summed E-state index contributed by atoms with van der Waals surface area (Å²) >= 11 is 0. The highest BCUT2D eigenvalue weighted by Gasteiger charge is 2.31. The van der Waals surface area contributed by atoms with Crippen LogP contribution in [0.5, 0.6) is 0 Å². The SMILES string of the molecule is Cc1ccccc1CC(C)(C)NC(=O)C1CCC(NC(=O)CC2CCCCC2)CC1. The zero-order valence-corrected chi connectivity index (χ0v) is 19.1. The average molecular weight is 413 g/mol. The monoisotopic (exact) mass is 412 g/mol. The van der Waals surface area contributed by atoms with Crippen molar-refractivity contribution >= 4 is 11.8 Å². The quantitative estimate of drug-likeness (QED) is 0.656. The van der Waals surface area contributed by atoms with E-state index in [1.165, 1.54) is 43.2 Å². The minimum Gasteiger partial charge on any atom is -0.353 e. The van der Waals surface area contributed by atoms with Crippen molar-refractivity contribution in [3.8, 4) is 0 Å². The van der Waals surface area contributed by atoms with Gasteiger partial charge >= 0.3 is 0 Å². The number of benzene rings is 1. The first-order chi connectivity index (χ1) is 14.3. The Morgan fingerprint density at radius 2 is 1.63 bits per heavy atom. The van der Waals surface area contributed by atoms with Gasteiger partial charge in [0.2, 0.25) is 11.8 Å². The Balaban J connectivity index is 1.41. The summed E-state index contributed by atoms with van der Waals surface area (Å²) in [5.41, 5.74) is 2.28. The van der Waals surface area contributed by atoms with Gasteiger partial charge in [-0.25, -0.2) is 0 Å². The van der Waals surface area contributed by atoms with Crippen LogP contribution < -0.4 is 10.6 Å². The molecule has 0 radical (unpaired) electrons. The Hall–Kier alpha value is -1.84. The first-order valence-corrected chi connectivity index (χ1v) is 12.0. The molecule has 2 saturated carbocycles. The van der Waals surface area contributed by atoms with Crippen molar-refractivity contribution in [1.29, 1.82) is 0 Å². The summed E-state index contributed by atoms with van der Waals surface area (Å²) in [6.07, 6.45) is 11.4. The highest BCUT2D eigenvalue weighted by atomic mass is 16.2. The van der Waals surface area contributed by atoms with Crippen LogP contribution in [0.2, 0.25) is 0 Å². The Bertz CT molecular complexity index is 713. The number of rotatable bonds is 7. The third-order valence-corrected chi connectivity index (χ3v) is 7.02. The molecule has 0 aromatic heterocycles. The lowest BCUT2D eigenvalue weighted by Crippen LogP contribution is -2.49. The standard InChI is InChI=1S/C26H40N2O2/c1-19-9-7-8-12-22(19)18-26(2,3)28-25(30)21-13-15-23(16-14-21)27-24(29)17-20-10-5-4-6-11-20/h7-9,12,20-21,23H,4-6,10-11,13-18H2,1-3H3,(H,27,29)(H,28,30). The van der Waals surface area contributed by atoms with Gasteiger partial charge in [0, 0.05) is 23.9 Å². The molecule has 0 bridgehead atoms. The summed E-state index contributed by atoms with van der Waals surface area (Å²) in [5, 5.41) is 6.53. The van der Waals surface area contributed by atoms with E-state index in [1.54, 1.807) is 0 Å². The molecule has 2 amide bonds. The van der Waals surface area contributed by atoms with Crippen molar-refractivity contribution < 1.29 is 9.59 Å². The highest BCUT2D eigenvalue weighted by Crippen LogP contribution is 2.28. The summed E-state index contributed by atoms with van der Waals surface area (Å²) in [7, 11) is 0. The van der Waals surface area contributed by atoms with Crippen molar-refractivity contribution in [1.82, 2.24) is 10.6 Å². The minimum absolute atomic E-state index is 0.0626. The maximum Gasteiger partial charge on any atom is 0.223 e. The molecule has 0 spiro atoms. The number of hydrogen-bond acceptors (Lipinski definition) is 2. The largest absolute Gasteiger partial charge is 0.353 e. The van der Waals surface area contributed by atoms with Crippen molar-refractivity contribution in [3.05, 3.63) is 35.4 Å². The molecular weight excluding hydrogens is 372 g/mol. The van der Waals surface area contributed by atoms with Crippen molar-refractivity contribution in [3.63, 3.8) is 0 Å². The molecule has 3 rings (SSSR count). The van der Waals surface area contributed by atoms with E-state index in [-0.39, 0.29) is 29.3 Å². The molecular formula is C26H40N2O2. The Kier molecular flexibility index (Phi) is 7.96. The zero-order valence-electron chi connectivity index (χ0n) is 19.1. The van der Waals surface area contributed by atoms with Crippen LogP contribution in [0.1, 0.15) is 89.2 Å². The Morgan fingerprint density at radius 1 is 0.967 bits per heavy atom. The summed E-state index contributed by atoms with van der Waals surface area (Å²) in [6.45, 7) is 6.33. The summed E-state index contributed by atoms with van der Waals surface area (Å²) in [6, 6.07) is 8.62. The van der Waals surface area contributed by atoms with Gasteiger partial charge in [-0.2, -0.15) is 0 Å². The lowest BCUT2D eigenvalue weighted by Gasteiger charge is -2.33. The van der Waals surface area contributed by atoms with Gasteiger partial charge in [-0.15, -0.1) is 0 Å². The van der Waals surface area contributed by atoms with E-state index in [4.69, 9.17) is 0 Å². The van der Waals surface area contributed by atoms with Crippen LogP contribution in [-0.4, -0.2) is 23.4 Å². The third-order valence-electron chi connectivity index (χ3n) is 7.02. The molecule has 2 aliphatic carbocycles. The van der Waals surface area contributed by atoms with E-state index in [9.17, 15) is 9.59 Å². The molecule has 1 aromatic carbocycles. The number of amides is 2. The Labute approximate surface area is 182 Å². The molecule has 4 nitrogen and oxygen atoms in total. The third kappa shape index (κ3) is 6.85. The van der Waals surface area contributed by atoms with E-state index < -0.39 is 0 Å². The van der Waals surface area contributed by atoms with Crippen LogP contribution in [0.3, 0.4) is 0 Å². The Morgan fingerprint density at radius 3 is 2.30 bits per heavy atom. The maximum atomic E-state index is 12.9. The number of nitrogens with one attached hydrogen (secondary N) is 2. The molecule has 2 aliphatic rings.